The minimum atomic E-state index is -2.99. The third kappa shape index (κ3) is 3.93. The molecule has 90 valence electrons. The van der Waals surface area contributed by atoms with Crippen molar-refractivity contribution in [1.82, 2.24) is 4.98 Å². The Labute approximate surface area is 94.7 Å². The Hall–Kier alpha value is -1.50. The van der Waals surface area contributed by atoms with E-state index in [2.05, 4.69) is 10.3 Å². The zero-order chi connectivity index (χ0) is 12.2. The van der Waals surface area contributed by atoms with Crippen molar-refractivity contribution in [2.45, 2.75) is 0 Å². The Kier molecular flexibility index (Phi) is 3.94. The summed E-state index contributed by atoms with van der Waals surface area (Å²) in [5.74, 6) is 0.893. The van der Waals surface area contributed by atoms with Crippen LogP contribution in [0.1, 0.15) is 0 Å². The van der Waals surface area contributed by atoms with Gasteiger partial charge in [0, 0.05) is 18.9 Å². The Bertz CT molecular complexity index is 459. The lowest BCUT2D eigenvalue weighted by Crippen LogP contribution is -2.15. The maximum atomic E-state index is 10.9. The highest BCUT2D eigenvalue weighted by molar-refractivity contribution is 7.90. The molecule has 0 saturated heterocycles. The van der Waals surface area contributed by atoms with Gasteiger partial charge in [-0.15, -0.1) is 0 Å². The minimum Gasteiger partial charge on any atom is -0.481 e. The molecule has 3 N–H and O–H groups in total. The fourth-order valence-electron chi connectivity index (χ4n) is 1.06. The molecule has 16 heavy (non-hydrogen) atoms. The predicted molar refractivity (Wildman–Crippen MR) is 63.4 cm³/mol. The van der Waals surface area contributed by atoms with Gasteiger partial charge in [0.05, 0.1) is 18.6 Å². The van der Waals surface area contributed by atoms with E-state index in [4.69, 9.17) is 10.5 Å². The summed E-state index contributed by atoms with van der Waals surface area (Å²) in [5, 5.41) is 2.85. The molecule has 0 atom stereocenters. The first-order chi connectivity index (χ1) is 7.42. The smallest absolute Gasteiger partial charge is 0.215 e. The van der Waals surface area contributed by atoms with Crippen molar-refractivity contribution >= 4 is 21.3 Å². The number of nitrogens with two attached hydrogens (primary N) is 1. The van der Waals surface area contributed by atoms with Gasteiger partial charge in [-0.1, -0.05) is 0 Å². The van der Waals surface area contributed by atoms with E-state index in [1.807, 2.05) is 0 Å². The van der Waals surface area contributed by atoms with Crippen molar-refractivity contribution in [2.75, 3.05) is 36.7 Å². The molecule has 1 rings (SSSR count). The maximum Gasteiger partial charge on any atom is 0.215 e. The summed E-state index contributed by atoms with van der Waals surface area (Å²) in [5.41, 5.74) is 6.12. The number of nitrogens with zero attached hydrogens (tertiary/aromatic N) is 1. The summed E-state index contributed by atoms with van der Waals surface area (Å²) < 4.78 is 26.8. The van der Waals surface area contributed by atoms with Gasteiger partial charge in [0.2, 0.25) is 5.88 Å². The summed E-state index contributed by atoms with van der Waals surface area (Å²) >= 11 is 0. The summed E-state index contributed by atoms with van der Waals surface area (Å²) in [6, 6.07) is 3.28. The molecule has 0 aliphatic heterocycles. The number of sulfone groups is 1. The zero-order valence-electron chi connectivity index (χ0n) is 9.23. The first-order valence-electron chi connectivity index (χ1n) is 4.64. The number of hydrogen-bond donors (Lipinski definition) is 2. The van der Waals surface area contributed by atoms with Gasteiger partial charge >= 0.3 is 0 Å². The van der Waals surface area contributed by atoms with Crippen LogP contribution in [0.15, 0.2) is 12.1 Å². The molecule has 0 unspecified atom stereocenters. The molecule has 1 heterocycles. The van der Waals surface area contributed by atoms with Crippen molar-refractivity contribution in [3.05, 3.63) is 12.1 Å². The summed E-state index contributed by atoms with van der Waals surface area (Å²) in [6.07, 6.45) is 1.18. The Balaban J connectivity index is 2.66. The average Bonchev–Trinajstić information content (AvgIpc) is 2.19. The third-order valence-corrected chi connectivity index (χ3v) is 2.82. The fraction of sp³-hybridized carbons (Fsp3) is 0.444. The fourth-order valence-corrected chi connectivity index (χ4v) is 1.53. The van der Waals surface area contributed by atoms with Crippen LogP contribution in [0.5, 0.6) is 5.88 Å². The molecule has 0 amide bonds. The van der Waals surface area contributed by atoms with E-state index in [0.29, 0.717) is 17.4 Å². The molecule has 0 saturated carbocycles. The number of aromatic nitrogens is 1. The van der Waals surface area contributed by atoms with E-state index in [1.165, 1.54) is 13.4 Å². The lowest BCUT2D eigenvalue weighted by Gasteiger charge is -2.08. The lowest BCUT2D eigenvalue weighted by atomic mass is 10.4. The van der Waals surface area contributed by atoms with Crippen LogP contribution < -0.4 is 15.8 Å². The van der Waals surface area contributed by atoms with Crippen LogP contribution in [0.3, 0.4) is 0 Å². The average molecular weight is 245 g/mol. The zero-order valence-corrected chi connectivity index (χ0v) is 10.0. The molecule has 0 aromatic carbocycles. The molecule has 7 heteroatoms. The van der Waals surface area contributed by atoms with Crippen molar-refractivity contribution in [2.24, 2.45) is 0 Å². The highest BCUT2D eigenvalue weighted by atomic mass is 32.2. The van der Waals surface area contributed by atoms with E-state index in [0.717, 1.165) is 0 Å². The summed E-state index contributed by atoms with van der Waals surface area (Å²) in [4.78, 5) is 4.06. The van der Waals surface area contributed by atoms with E-state index < -0.39 is 9.84 Å². The standard InChI is InChI=1S/C9H15N3O3S/c1-15-8-4-3-7(10)9(12-8)11-5-6-16(2,13)14/h3-4H,5-6,10H2,1-2H3,(H,11,12). The van der Waals surface area contributed by atoms with Crippen molar-refractivity contribution in [3.63, 3.8) is 0 Å². The maximum absolute atomic E-state index is 10.9. The summed E-state index contributed by atoms with van der Waals surface area (Å²) in [7, 11) is -1.49. The highest BCUT2D eigenvalue weighted by Gasteiger charge is 2.05. The second kappa shape index (κ2) is 5.02. The number of pyridine rings is 1. The van der Waals surface area contributed by atoms with Crippen LogP contribution in [0.25, 0.3) is 0 Å². The second-order valence-electron chi connectivity index (χ2n) is 3.35. The SMILES string of the molecule is COc1ccc(N)c(NCCS(C)(=O)=O)n1. The second-order valence-corrected chi connectivity index (χ2v) is 5.61. The van der Waals surface area contributed by atoms with Gasteiger partial charge in [0.1, 0.15) is 9.84 Å². The van der Waals surface area contributed by atoms with Gasteiger partial charge in [-0.3, -0.25) is 0 Å². The molecule has 0 aliphatic carbocycles. The van der Waals surface area contributed by atoms with E-state index in [9.17, 15) is 8.42 Å². The minimum absolute atomic E-state index is 0.0331. The van der Waals surface area contributed by atoms with Gasteiger partial charge in [0.25, 0.3) is 0 Å². The number of methoxy groups -OCH3 is 1. The van der Waals surface area contributed by atoms with Crippen LogP contribution in [-0.2, 0) is 9.84 Å². The van der Waals surface area contributed by atoms with Crippen LogP contribution in [-0.4, -0.2) is 39.1 Å². The van der Waals surface area contributed by atoms with Crippen molar-refractivity contribution in [3.8, 4) is 5.88 Å². The molecule has 0 bridgehead atoms. The van der Waals surface area contributed by atoms with Crippen molar-refractivity contribution in [1.29, 1.82) is 0 Å². The molecular weight excluding hydrogens is 230 g/mol. The van der Waals surface area contributed by atoms with Gasteiger partial charge < -0.3 is 15.8 Å². The van der Waals surface area contributed by atoms with E-state index in [-0.39, 0.29) is 12.3 Å². The van der Waals surface area contributed by atoms with Crippen molar-refractivity contribution < 1.29 is 13.2 Å². The lowest BCUT2D eigenvalue weighted by molar-refractivity contribution is 0.398. The normalized spacial score (nSPS) is 11.1. The van der Waals surface area contributed by atoms with Crippen LogP contribution in [0.4, 0.5) is 11.5 Å². The number of anilines is 2. The largest absolute Gasteiger partial charge is 0.481 e. The monoisotopic (exact) mass is 245 g/mol. The van der Waals surface area contributed by atoms with E-state index in [1.54, 1.807) is 12.1 Å². The Morgan fingerprint density at radius 3 is 2.75 bits per heavy atom. The number of hydrogen-bond acceptors (Lipinski definition) is 6. The first-order valence-corrected chi connectivity index (χ1v) is 6.70. The molecule has 1 aromatic heterocycles. The predicted octanol–water partition coefficient (Wildman–Crippen LogP) is 0.129. The highest BCUT2D eigenvalue weighted by Crippen LogP contribution is 2.18. The molecular formula is C9H15N3O3S. The van der Waals surface area contributed by atoms with Crippen LogP contribution in [0.2, 0.25) is 0 Å². The van der Waals surface area contributed by atoms with Gasteiger partial charge in [0.15, 0.2) is 5.82 Å². The van der Waals surface area contributed by atoms with Gasteiger partial charge in [-0.25, -0.2) is 8.42 Å². The molecule has 1 aromatic rings. The third-order valence-electron chi connectivity index (χ3n) is 1.88. The van der Waals surface area contributed by atoms with E-state index >= 15 is 0 Å². The van der Waals surface area contributed by atoms with Gasteiger partial charge in [-0.2, -0.15) is 4.98 Å². The Morgan fingerprint density at radius 1 is 1.50 bits per heavy atom. The quantitative estimate of drug-likeness (QED) is 0.765. The van der Waals surface area contributed by atoms with Gasteiger partial charge in [-0.05, 0) is 6.07 Å². The Morgan fingerprint density at radius 2 is 2.19 bits per heavy atom. The number of nitrogen functional groups attached to an aromatic ring is 1. The molecule has 0 spiro atoms. The molecule has 6 nitrogen and oxygen atoms in total. The topological polar surface area (TPSA) is 94.3 Å². The number of rotatable bonds is 5. The number of nitrogens with one attached hydrogen (secondary N) is 1. The molecule has 0 radical (unpaired) electrons. The van der Waals surface area contributed by atoms with Crippen LogP contribution >= 0.6 is 0 Å². The molecule has 0 fully saturated rings. The molecule has 0 aliphatic rings. The first kappa shape index (κ1) is 12.6. The number of ether oxygens (including phenoxy) is 1. The van der Waals surface area contributed by atoms with Crippen LogP contribution in [0, 0.1) is 0 Å². The summed E-state index contributed by atoms with van der Waals surface area (Å²) in [6.45, 7) is 0.267.